The molecule has 2 aromatic rings. The predicted octanol–water partition coefficient (Wildman–Crippen LogP) is 3.53. The molecule has 2 fully saturated rings. The Hall–Kier alpha value is -1.81. The lowest BCUT2D eigenvalue weighted by atomic mass is 10.1. The fourth-order valence-corrected chi connectivity index (χ4v) is 7.45. The number of amides is 1. The summed E-state index contributed by atoms with van der Waals surface area (Å²) in [5.41, 5.74) is 0.357. The molecule has 6 nitrogen and oxygen atoms in total. The number of rotatable bonds is 7. The number of methoxy groups -OCH3 is 1. The van der Waals surface area contributed by atoms with E-state index >= 15 is 0 Å². The van der Waals surface area contributed by atoms with E-state index in [4.69, 9.17) is 16.3 Å². The minimum absolute atomic E-state index is 0.0331. The summed E-state index contributed by atoms with van der Waals surface area (Å²) in [5.74, 6) is 0.199. The molecular formula is C23H26ClFN2O4S2. The van der Waals surface area contributed by atoms with Gasteiger partial charge in [0.2, 0.25) is 5.91 Å². The maximum absolute atomic E-state index is 14.5. The van der Waals surface area contributed by atoms with E-state index in [0.29, 0.717) is 30.0 Å². The third-order valence-corrected chi connectivity index (χ3v) is 9.37. The fraction of sp³-hybridized carbons (Fsp3) is 0.435. The Bertz CT molecular complexity index is 1090. The van der Waals surface area contributed by atoms with Gasteiger partial charge in [0.1, 0.15) is 11.6 Å². The van der Waals surface area contributed by atoms with Crippen LogP contribution in [0, 0.1) is 5.82 Å². The van der Waals surface area contributed by atoms with Gasteiger partial charge in [-0.15, -0.1) is 11.8 Å². The quantitative estimate of drug-likeness (QED) is 0.611. The first kappa shape index (κ1) is 24.3. The minimum Gasteiger partial charge on any atom is -0.497 e. The number of nitrogens with one attached hydrogen (secondary N) is 1. The maximum atomic E-state index is 14.5. The summed E-state index contributed by atoms with van der Waals surface area (Å²) >= 11 is 7.90. The second-order valence-electron chi connectivity index (χ2n) is 8.41. The summed E-state index contributed by atoms with van der Waals surface area (Å²) in [6.07, 6.45) is 0.984. The fourth-order valence-electron chi connectivity index (χ4n) is 4.33. The first-order chi connectivity index (χ1) is 15.7. The Labute approximate surface area is 202 Å². The average Bonchev–Trinajstić information content (AvgIpc) is 3.33. The Kier molecular flexibility index (Phi) is 7.53. The van der Waals surface area contributed by atoms with Crippen LogP contribution >= 0.6 is 23.4 Å². The van der Waals surface area contributed by atoms with Crippen LogP contribution in [-0.4, -0.2) is 61.7 Å². The Morgan fingerprint density at radius 2 is 2.03 bits per heavy atom. The molecule has 2 heterocycles. The summed E-state index contributed by atoms with van der Waals surface area (Å²) in [5, 5.41) is 3.33. The molecule has 0 bridgehead atoms. The lowest BCUT2D eigenvalue weighted by Gasteiger charge is -2.25. The molecule has 1 N–H and O–H groups in total. The monoisotopic (exact) mass is 512 g/mol. The predicted molar refractivity (Wildman–Crippen MR) is 128 cm³/mol. The standard InChI is InChI=1S/C23H26ClFN2O4S2/c1-31-16-5-7-17(8-6-16)32-18-11-22(23(28)26-15-9-10-33(29,30)14-15)27(12-18)13-19-20(24)3-2-4-21(19)25/h2-8,15,18,22H,9-14H2,1H3,(H,26,28)/t15-,18-,22+/m1/s1. The number of ether oxygens (including phenoxy) is 1. The van der Waals surface area contributed by atoms with Crippen molar-refractivity contribution in [2.75, 3.05) is 25.2 Å². The molecule has 0 aliphatic carbocycles. The third kappa shape index (κ3) is 6.01. The van der Waals surface area contributed by atoms with Crippen molar-refractivity contribution >= 4 is 39.1 Å². The van der Waals surface area contributed by atoms with Crippen LogP contribution in [0.2, 0.25) is 5.02 Å². The van der Waals surface area contributed by atoms with Gasteiger partial charge in [-0.05, 0) is 49.2 Å². The second-order valence-corrected chi connectivity index (χ2v) is 12.4. The van der Waals surface area contributed by atoms with Gasteiger partial charge in [0.25, 0.3) is 0 Å². The van der Waals surface area contributed by atoms with Crippen LogP contribution in [-0.2, 0) is 21.2 Å². The lowest BCUT2D eigenvalue weighted by Crippen LogP contribution is -2.47. The van der Waals surface area contributed by atoms with Gasteiger partial charge < -0.3 is 10.1 Å². The summed E-state index contributed by atoms with van der Waals surface area (Å²) in [6.45, 7) is 0.772. The number of hydrogen-bond acceptors (Lipinski definition) is 6. The summed E-state index contributed by atoms with van der Waals surface area (Å²) < 4.78 is 43.3. The molecule has 0 spiro atoms. The molecule has 2 aliphatic heterocycles. The molecule has 0 radical (unpaired) electrons. The number of sulfone groups is 1. The van der Waals surface area contributed by atoms with E-state index in [0.717, 1.165) is 10.6 Å². The summed E-state index contributed by atoms with van der Waals surface area (Å²) in [6, 6.07) is 11.4. The topological polar surface area (TPSA) is 75.7 Å². The van der Waals surface area contributed by atoms with Crippen LogP contribution in [0.4, 0.5) is 4.39 Å². The second kappa shape index (κ2) is 10.2. The normalized spacial score (nSPS) is 24.6. The van der Waals surface area contributed by atoms with Gasteiger partial charge in [-0.25, -0.2) is 12.8 Å². The van der Waals surface area contributed by atoms with E-state index in [1.54, 1.807) is 31.0 Å². The molecule has 3 atom stereocenters. The van der Waals surface area contributed by atoms with Crippen LogP contribution in [0.1, 0.15) is 18.4 Å². The van der Waals surface area contributed by atoms with E-state index in [1.165, 1.54) is 6.07 Å². The van der Waals surface area contributed by atoms with E-state index < -0.39 is 21.7 Å². The highest BCUT2D eigenvalue weighted by atomic mass is 35.5. The smallest absolute Gasteiger partial charge is 0.237 e. The van der Waals surface area contributed by atoms with Crippen molar-refractivity contribution in [2.24, 2.45) is 0 Å². The van der Waals surface area contributed by atoms with Gasteiger partial charge in [-0.1, -0.05) is 17.7 Å². The molecule has 1 amide bonds. The third-order valence-electron chi connectivity index (χ3n) is 6.03. The Morgan fingerprint density at radius 1 is 1.27 bits per heavy atom. The Morgan fingerprint density at radius 3 is 2.67 bits per heavy atom. The van der Waals surface area contributed by atoms with E-state index in [1.807, 2.05) is 29.2 Å². The van der Waals surface area contributed by atoms with Crippen molar-refractivity contribution in [3.05, 3.63) is 58.9 Å². The first-order valence-corrected chi connectivity index (χ1v) is 13.8. The van der Waals surface area contributed by atoms with Gasteiger partial charge in [0, 0.05) is 39.9 Å². The SMILES string of the molecule is COc1ccc(S[C@@H]2C[C@@H](C(=O)N[C@@H]3CCS(=O)(=O)C3)N(Cc3c(F)cccc3Cl)C2)cc1. The van der Waals surface area contributed by atoms with E-state index in [-0.39, 0.29) is 35.2 Å². The van der Waals surface area contributed by atoms with Gasteiger partial charge in [-0.3, -0.25) is 9.69 Å². The highest BCUT2D eigenvalue weighted by Crippen LogP contribution is 2.35. The zero-order valence-corrected chi connectivity index (χ0v) is 20.6. The molecule has 10 heteroatoms. The lowest BCUT2D eigenvalue weighted by molar-refractivity contribution is -0.126. The summed E-state index contributed by atoms with van der Waals surface area (Å²) in [4.78, 5) is 16.1. The molecule has 178 valence electrons. The number of carbonyl (C=O) groups is 1. The van der Waals surface area contributed by atoms with Crippen LogP contribution in [0.5, 0.6) is 5.75 Å². The Balaban J connectivity index is 1.50. The molecule has 2 saturated heterocycles. The number of carbonyl (C=O) groups excluding carboxylic acids is 1. The number of benzene rings is 2. The number of nitrogens with zero attached hydrogens (tertiary/aromatic N) is 1. The van der Waals surface area contributed by atoms with Crippen LogP contribution in [0.3, 0.4) is 0 Å². The van der Waals surface area contributed by atoms with Gasteiger partial charge in [0.15, 0.2) is 9.84 Å². The van der Waals surface area contributed by atoms with Gasteiger partial charge >= 0.3 is 0 Å². The van der Waals surface area contributed by atoms with Crippen molar-refractivity contribution in [2.45, 2.75) is 41.6 Å². The molecule has 33 heavy (non-hydrogen) atoms. The number of thioether (sulfide) groups is 1. The van der Waals surface area contributed by atoms with Crippen molar-refractivity contribution in [3.8, 4) is 5.75 Å². The van der Waals surface area contributed by atoms with Crippen molar-refractivity contribution < 1.29 is 22.3 Å². The number of halogens is 2. The van der Waals surface area contributed by atoms with Crippen molar-refractivity contribution in [1.82, 2.24) is 10.2 Å². The highest BCUT2D eigenvalue weighted by molar-refractivity contribution is 8.00. The zero-order valence-electron chi connectivity index (χ0n) is 18.2. The van der Waals surface area contributed by atoms with E-state index in [2.05, 4.69) is 5.32 Å². The largest absolute Gasteiger partial charge is 0.497 e. The molecule has 0 unspecified atom stereocenters. The molecule has 0 aromatic heterocycles. The number of likely N-dealkylation sites (tertiary alicyclic amines) is 1. The van der Waals surface area contributed by atoms with Gasteiger partial charge in [0.05, 0.1) is 24.7 Å². The molecule has 0 saturated carbocycles. The van der Waals surface area contributed by atoms with Crippen LogP contribution in [0.15, 0.2) is 47.4 Å². The van der Waals surface area contributed by atoms with Crippen LogP contribution < -0.4 is 10.1 Å². The molecule has 4 rings (SSSR count). The summed E-state index contributed by atoms with van der Waals surface area (Å²) in [7, 11) is -1.49. The van der Waals surface area contributed by atoms with Crippen molar-refractivity contribution in [1.29, 1.82) is 0 Å². The van der Waals surface area contributed by atoms with Crippen LogP contribution in [0.25, 0.3) is 0 Å². The highest BCUT2D eigenvalue weighted by Gasteiger charge is 2.39. The van der Waals surface area contributed by atoms with E-state index in [9.17, 15) is 17.6 Å². The average molecular weight is 513 g/mol. The molecule has 2 aromatic carbocycles. The zero-order chi connectivity index (χ0) is 23.6. The van der Waals surface area contributed by atoms with Crippen molar-refractivity contribution in [3.63, 3.8) is 0 Å². The molecule has 2 aliphatic rings. The minimum atomic E-state index is -3.10. The number of hydrogen-bond donors (Lipinski definition) is 1. The maximum Gasteiger partial charge on any atom is 0.237 e. The van der Waals surface area contributed by atoms with Gasteiger partial charge in [-0.2, -0.15) is 0 Å². The molecular weight excluding hydrogens is 487 g/mol. The first-order valence-electron chi connectivity index (χ1n) is 10.7.